The topological polar surface area (TPSA) is 105 Å². The Morgan fingerprint density at radius 3 is 2.38 bits per heavy atom. The fraction of sp³-hybridized carbons (Fsp3) is 0.217. The number of anilines is 1. The lowest BCUT2D eigenvalue weighted by Crippen LogP contribution is -2.33. The second kappa shape index (κ2) is 9.07. The van der Waals surface area contributed by atoms with Crippen LogP contribution >= 0.6 is 0 Å². The number of pyridine rings is 1. The molecule has 11 heteroatoms. The third-order valence-corrected chi connectivity index (χ3v) is 7.59. The number of sulfonamides is 1. The highest BCUT2D eigenvalue weighted by Gasteiger charge is 2.41. The summed E-state index contributed by atoms with van der Waals surface area (Å²) in [6.07, 6.45) is -3.49. The number of rotatable bonds is 6. The third kappa shape index (κ3) is 4.75. The molecule has 0 bridgehead atoms. The van der Waals surface area contributed by atoms with Gasteiger partial charge in [0, 0.05) is 31.2 Å². The van der Waals surface area contributed by atoms with Crippen molar-refractivity contribution in [1.29, 1.82) is 0 Å². The number of hydrogen-bond donors (Lipinski definition) is 2. The van der Waals surface area contributed by atoms with Crippen molar-refractivity contribution in [2.45, 2.75) is 23.0 Å². The summed E-state index contributed by atoms with van der Waals surface area (Å²) in [4.78, 5) is 15.6. The largest absolute Gasteiger partial charge is 0.416 e. The molecule has 2 aromatic carbocycles. The fourth-order valence-corrected chi connectivity index (χ4v) is 5.75. The summed E-state index contributed by atoms with van der Waals surface area (Å²) in [7, 11) is -4.12. The first kappa shape index (κ1) is 23.7. The lowest BCUT2D eigenvalue weighted by molar-refractivity contribution is -0.137. The van der Waals surface area contributed by atoms with E-state index < -0.39 is 33.7 Å². The Bertz CT molecular complexity index is 1300. The number of alkyl halides is 3. The molecule has 178 valence electrons. The summed E-state index contributed by atoms with van der Waals surface area (Å²) in [5.74, 6) is -1.27. The molecule has 4 rings (SSSR count). The first-order valence-corrected chi connectivity index (χ1v) is 11.7. The molecule has 3 aromatic rings. The van der Waals surface area contributed by atoms with Gasteiger partial charge in [0.05, 0.1) is 16.0 Å². The van der Waals surface area contributed by atoms with Crippen LogP contribution in [0.15, 0.2) is 77.8 Å². The summed E-state index contributed by atoms with van der Waals surface area (Å²) in [6, 6.07) is 15.9. The quantitative estimate of drug-likeness (QED) is 0.551. The summed E-state index contributed by atoms with van der Waals surface area (Å²) in [5.41, 5.74) is 5.19. The van der Waals surface area contributed by atoms with Crippen LogP contribution in [0.5, 0.6) is 0 Å². The number of halogens is 3. The van der Waals surface area contributed by atoms with Crippen LogP contribution in [-0.2, 0) is 16.2 Å². The molecule has 1 aliphatic heterocycles. The normalized spacial score (nSPS) is 19.1. The summed E-state index contributed by atoms with van der Waals surface area (Å²) in [6.45, 7) is 0.00296. The van der Waals surface area contributed by atoms with Gasteiger partial charge < -0.3 is 11.1 Å². The molecule has 1 fully saturated rings. The number of nitrogens with zero attached hydrogens (tertiary/aromatic N) is 2. The van der Waals surface area contributed by atoms with Crippen LogP contribution in [0.1, 0.15) is 27.4 Å². The molecule has 2 atom stereocenters. The Morgan fingerprint density at radius 1 is 1.03 bits per heavy atom. The molecule has 7 nitrogen and oxygen atoms in total. The lowest BCUT2D eigenvalue weighted by Gasteiger charge is -2.21. The molecule has 0 radical (unpaired) electrons. The van der Waals surface area contributed by atoms with Crippen LogP contribution in [0, 0.1) is 0 Å². The molecule has 1 aliphatic rings. The molecular weight excluding hydrogens is 469 g/mol. The second-order valence-electron chi connectivity index (χ2n) is 7.88. The Morgan fingerprint density at radius 2 is 1.71 bits per heavy atom. The van der Waals surface area contributed by atoms with Crippen LogP contribution in [0.2, 0.25) is 0 Å². The highest BCUT2D eigenvalue weighted by Crippen LogP contribution is 2.35. The summed E-state index contributed by atoms with van der Waals surface area (Å²) < 4.78 is 67.6. The predicted molar refractivity (Wildman–Crippen MR) is 120 cm³/mol. The molecule has 3 N–H and O–H groups in total. The number of nitrogens with one attached hydrogen (secondary N) is 1. The van der Waals surface area contributed by atoms with E-state index in [0.717, 1.165) is 23.9 Å². The molecule has 0 aliphatic carbocycles. The van der Waals surface area contributed by atoms with Crippen molar-refractivity contribution in [2.24, 2.45) is 5.73 Å². The van der Waals surface area contributed by atoms with Crippen LogP contribution < -0.4 is 11.1 Å². The van der Waals surface area contributed by atoms with Crippen LogP contribution in [0.4, 0.5) is 19.0 Å². The maximum atomic E-state index is 13.4. The van der Waals surface area contributed by atoms with E-state index in [1.807, 2.05) is 18.2 Å². The Balaban J connectivity index is 1.69. The average Bonchev–Trinajstić information content (AvgIpc) is 3.24. The maximum absolute atomic E-state index is 13.4. The van der Waals surface area contributed by atoms with Gasteiger partial charge in [0.1, 0.15) is 5.82 Å². The Hall–Kier alpha value is -3.44. The Kier molecular flexibility index (Phi) is 6.32. The number of amides is 1. The summed E-state index contributed by atoms with van der Waals surface area (Å²) >= 11 is 0. The molecule has 0 unspecified atom stereocenters. The minimum atomic E-state index is -4.54. The first-order valence-electron chi connectivity index (χ1n) is 10.3. The van der Waals surface area contributed by atoms with Gasteiger partial charge in [-0.2, -0.15) is 17.5 Å². The van der Waals surface area contributed by atoms with E-state index in [4.69, 9.17) is 5.73 Å². The maximum Gasteiger partial charge on any atom is 0.416 e. The molecule has 0 spiro atoms. The zero-order valence-electron chi connectivity index (χ0n) is 17.7. The SMILES string of the molecule is NC(=O)c1ccccc1S(=O)(=O)N1C[C@H](Nc2cc(C(F)(F)F)ccn2)[C@@H](c2ccccc2)C1. The van der Waals surface area contributed by atoms with Gasteiger partial charge in [0.15, 0.2) is 0 Å². The number of hydrogen-bond acceptors (Lipinski definition) is 5. The fourth-order valence-electron chi connectivity index (χ4n) is 4.06. The van der Waals surface area contributed by atoms with Crippen LogP contribution in [0.25, 0.3) is 0 Å². The predicted octanol–water partition coefficient (Wildman–Crippen LogP) is 3.47. The molecule has 34 heavy (non-hydrogen) atoms. The van der Waals surface area contributed by atoms with Gasteiger partial charge in [-0.15, -0.1) is 0 Å². The molecular formula is C23H21F3N4O3S. The average molecular weight is 491 g/mol. The summed E-state index contributed by atoms with van der Waals surface area (Å²) in [5, 5.41) is 2.98. The highest BCUT2D eigenvalue weighted by atomic mass is 32.2. The van der Waals surface area contributed by atoms with Gasteiger partial charge in [-0.05, 0) is 29.8 Å². The zero-order chi connectivity index (χ0) is 24.5. The highest BCUT2D eigenvalue weighted by molar-refractivity contribution is 7.89. The van der Waals surface area contributed by atoms with Crippen molar-refractivity contribution < 1.29 is 26.4 Å². The van der Waals surface area contributed by atoms with E-state index in [1.165, 1.54) is 28.6 Å². The van der Waals surface area contributed by atoms with E-state index in [1.54, 1.807) is 12.1 Å². The zero-order valence-corrected chi connectivity index (χ0v) is 18.6. The molecule has 1 amide bonds. The van der Waals surface area contributed by atoms with Crippen LogP contribution in [0.3, 0.4) is 0 Å². The first-order chi connectivity index (χ1) is 16.1. The molecule has 0 saturated carbocycles. The van der Waals surface area contributed by atoms with E-state index in [0.29, 0.717) is 0 Å². The molecule has 1 saturated heterocycles. The van der Waals surface area contributed by atoms with Gasteiger partial charge >= 0.3 is 6.18 Å². The number of benzene rings is 2. The van der Waals surface area contributed by atoms with Crippen molar-refractivity contribution in [1.82, 2.24) is 9.29 Å². The van der Waals surface area contributed by atoms with Crippen molar-refractivity contribution >= 4 is 21.7 Å². The van der Waals surface area contributed by atoms with Crippen molar-refractivity contribution in [3.63, 3.8) is 0 Å². The number of nitrogens with two attached hydrogens (primary N) is 1. The van der Waals surface area contributed by atoms with Gasteiger partial charge in [-0.1, -0.05) is 42.5 Å². The third-order valence-electron chi connectivity index (χ3n) is 5.70. The van der Waals surface area contributed by atoms with E-state index in [9.17, 15) is 26.4 Å². The second-order valence-corrected chi connectivity index (χ2v) is 9.78. The number of carbonyl (C=O) groups is 1. The Labute approximate surface area is 194 Å². The number of aromatic nitrogens is 1. The minimum absolute atomic E-state index is 0.0162. The van der Waals surface area contributed by atoms with Gasteiger partial charge in [-0.3, -0.25) is 4.79 Å². The van der Waals surface area contributed by atoms with E-state index >= 15 is 0 Å². The smallest absolute Gasteiger partial charge is 0.366 e. The van der Waals surface area contributed by atoms with E-state index in [-0.39, 0.29) is 35.3 Å². The van der Waals surface area contributed by atoms with Crippen LogP contribution in [-0.4, -0.2) is 42.7 Å². The minimum Gasteiger partial charge on any atom is -0.366 e. The number of carbonyl (C=O) groups excluding carboxylic acids is 1. The molecule has 1 aromatic heterocycles. The van der Waals surface area contributed by atoms with Crippen molar-refractivity contribution in [2.75, 3.05) is 18.4 Å². The number of primary amides is 1. The van der Waals surface area contributed by atoms with Gasteiger partial charge in [0.2, 0.25) is 15.9 Å². The standard InChI is InChI=1S/C23H21F3N4O3S/c24-23(25,26)16-10-11-28-21(12-16)29-19-14-30(13-18(19)15-6-2-1-3-7-15)34(32,33)20-9-5-4-8-17(20)22(27)31/h1-12,18-19H,13-14H2,(H2,27,31)(H,28,29)/t18-,19+/m1/s1. The van der Waals surface area contributed by atoms with Crippen molar-refractivity contribution in [3.8, 4) is 0 Å². The van der Waals surface area contributed by atoms with Gasteiger partial charge in [-0.25, -0.2) is 13.4 Å². The van der Waals surface area contributed by atoms with Gasteiger partial charge in [0.25, 0.3) is 0 Å². The molecule has 2 heterocycles. The van der Waals surface area contributed by atoms with E-state index in [2.05, 4.69) is 10.3 Å². The van der Waals surface area contributed by atoms with Crippen molar-refractivity contribution in [3.05, 3.63) is 89.6 Å². The monoisotopic (exact) mass is 490 g/mol. The lowest BCUT2D eigenvalue weighted by atomic mass is 9.94.